The molecule has 21 heavy (non-hydrogen) atoms. The number of thiazole rings is 1. The normalized spacial score (nSPS) is 12.9. The molecule has 116 valence electrons. The molecule has 2 aromatic rings. The molecule has 0 fully saturated rings. The molecule has 1 heterocycles. The first-order valence-corrected chi connectivity index (χ1v) is 9.80. The lowest BCUT2D eigenvalue weighted by atomic mass is 10.3. The molecule has 0 saturated carbocycles. The van der Waals surface area contributed by atoms with E-state index in [9.17, 15) is 16.8 Å². The average Bonchev–Trinajstić information content (AvgIpc) is 2.62. The molecular weight excluding hydrogens is 338 g/mol. The van der Waals surface area contributed by atoms with Crippen LogP contribution in [0, 0.1) is 6.92 Å². The molecule has 0 radical (unpaired) electrons. The molecule has 0 spiro atoms. The molecule has 2 rings (SSSR count). The number of aromatic nitrogens is 1. The van der Waals surface area contributed by atoms with Crippen molar-refractivity contribution in [3.05, 3.63) is 23.2 Å². The van der Waals surface area contributed by atoms with E-state index in [2.05, 4.69) is 0 Å². The van der Waals surface area contributed by atoms with E-state index in [4.69, 9.17) is 9.11 Å². The maximum Gasteiger partial charge on any atom is 0.294 e. The maximum absolute atomic E-state index is 11.1. The minimum atomic E-state index is -4.25. The molecule has 7 nitrogen and oxygen atoms in total. The summed E-state index contributed by atoms with van der Waals surface area (Å²) in [6, 6.07) is 4.24. The van der Waals surface area contributed by atoms with Crippen molar-refractivity contribution >= 4 is 41.8 Å². The largest absolute Gasteiger partial charge is 0.294 e. The Bertz CT molecular complexity index is 882. The number of nitrogens with zero attached hydrogens (tertiary/aromatic N) is 1. The van der Waals surface area contributed by atoms with Gasteiger partial charge in [-0.2, -0.15) is 21.4 Å². The van der Waals surface area contributed by atoms with E-state index < -0.39 is 20.2 Å². The van der Waals surface area contributed by atoms with E-state index in [1.165, 1.54) is 23.5 Å². The van der Waals surface area contributed by atoms with Crippen LogP contribution in [0.2, 0.25) is 0 Å². The molecule has 10 heteroatoms. The summed E-state index contributed by atoms with van der Waals surface area (Å²) in [5.41, 5.74) is 0.750. The fourth-order valence-corrected chi connectivity index (χ4v) is 4.19. The van der Waals surface area contributed by atoms with Gasteiger partial charge in [-0.1, -0.05) is 11.3 Å². The van der Waals surface area contributed by atoms with E-state index in [-0.39, 0.29) is 17.1 Å². The van der Waals surface area contributed by atoms with Crippen molar-refractivity contribution in [2.24, 2.45) is 0 Å². The van der Waals surface area contributed by atoms with Crippen LogP contribution in [-0.4, -0.2) is 31.7 Å². The summed E-state index contributed by atoms with van der Waals surface area (Å²) in [4.78, 5) is -0.179. The highest BCUT2D eigenvalue weighted by atomic mass is 32.2. The summed E-state index contributed by atoms with van der Waals surface area (Å²) < 4.78 is 63.9. The van der Waals surface area contributed by atoms with Crippen LogP contribution in [0.3, 0.4) is 0 Å². The molecule has 0 aliphatic carbocycles. The summed E-state index contributed by atoms with van der Waals surface area (Å²) in [5, 5.41) is 0.868. The van der Waals surface area contributed by atoms with Crippen molar-refractivity contribution in [3.8, 4) is 0 Å². The molecule has 0 aliphatic rings. The van der Waals surface area contributed by atoms with Crippen LogP contribution < -0.4 is 4.57 Å². The summed E-state index contributed by atoms with van der Waals surface area (Å²) in [5.74, 6) is -0.333. The first-order valence-electron chi connectivity index (χ1n) is 5.93. The maximum atomic E-state index is 11.1. The first kappa shape index (κ1) is 16.3. The van der Waals surface area contributed by atoms with E-state index in [0.29, 0.717) is 11.2 Å². The lowest BCUT2D eigenvalue weighted by Gasteiger charge is -1.98. The molecule has 0 aliphatic heterocycles. The molecule has 0 amide bonds. The van der Waals surface area contributed by atoms with Crippen LogP contribution in [-0.2, 0) is 26.8 Å². The summed E-state index contributed by atoms with van der Waals surface area (Å²) in [7, 11) is -8.24. The predicted octanol–water partition coefficient (Wildman–Crippen LogP) is 1.02. The van der Waals surface area contributed by atoms with E-state index in [0.717, 1.165) is 10.5 Å². The van der Waals surface area contributed by atoms with Crippen molar-refractivity contribution in [2.45, 2.75) is 24.8 Å². The minimum absolute atomic E-state index is 0.179. The lowest BCUT2D eigenvalue weighted by Crippen LogP contribution is -2.35. The number of aryl methyl sites for hydroxylation is 2. The van der Waals surface area contributed by atoms with Gasteiger partial charge in [0.25, 0.3) is 20.2 Å². The summed E-state index contributed by atoms with van der Waals surface area (Å²) >= 11 is 1.34. The van der Waals surface area contributed by atoms with Gasteiger partial charge in [0.05, 0.1) is 10.6 Å². The van der Waals surface area contributed by atoms with Crippen molar-refractivity contribution in [3.63, 3.8) is 0 Å². The van der Waals surface area contributed by atoms with Gasteiger partial charge in [0.2, 0.25) is 10.5 Å². The Morgan fingerprint density at radius 1 is 1.19 bits per heavy atom. The molecular formula is C11H14NO6S3+. The standard InChI is InChI=1S/C11H13NO6S3/c1-8-12(5-2-6-20(13,14)15)10-4-3-9(21(16,17)18)7-11(10)19-8/h3-4,7H,2,5-6H2,1H3,(H-,13,14,15,16,17,18)/p+1. The van der Waals surface area contributed by atoms with Crippen molar-refractivity contribution < 1.29 is 30.5 Å². The zero-order chi connectivity index (χ0) is 15.8. The number of rotatable bonds is 5. The SMILES string of the molecule is Cc1sc2cc(S(=O)(=O)O)ccc2[n+]1CCCS(=O)(=O)O. The van der Waals surface area contributed by atoms with Gasteiger partial charge in [-0.15, -0.1) is 0 Å². The third kappa shape index (κ3) is 3.98. The van der Waals surface area contributed by atoms with Crippen LogP contribution in [0.1, 0.15) is 11.4 Å². The fourth-order valence-electron chi connectivity index (χ4n) is 2.03. The van der Waals surface area contributed by atoms with Crippen LogP contribution >= 0.6 is 11.3 Å². The highest BCUT2D eigenvalue weighted by Crippen LogP contribution is 2.23. The predicted molar refractivity (Wildman–Crippen MR) is 77.6 cm³/mol. The van der Waals surface area contributed by atoms with Crippen LogP contribution in [0.5, 0.6) is 0 Å². The van der Waals surface area contributed by atoms with E-state index in [1.807, 2.05) is 11.5 Å². The summed E-state index contributed by atoms with van der Waals surface area (Å²) in [6.45, 7) is 2.21. The molecule has 1 aromatic heterocycles. The molecule has 0 saturated heterocycles. The van der Waals surface area contributed by atoms with Gasteiger partial charge in [-0.05, 0) is 12.1 Å². The molecule has 0 bridgehead atoms. The Kier molecular flexibility index (Phi) is 4.36. The fraction of sp³-hybridized carbons (Fsp3) is 0.364. The molecule has 2 N–H and O–H groups in total. The Morgan fingerprint density at radius 2 is 1.86 bits per heavy atom. The highest BCUT2D eigenvalue weighted by Gasteiger charge is 2.20. The van der Waals surface area contributed by atoms with Gasteiger partial charge in [-0.3, -0.25) is 9.11 Å². The quantitative estimate of drug-likeness (QED) is 0.614. The number of hydrogen-bond acceptors (Lipinski definition) is 5. The third-order valence-electron chi connectivity index (χ3n) is 2.94. The second kappa shape index (κ2) is 5.61. The minimum Gasteiger partial charge on any atom is -0.286 e. The average molecular weight is 352 g/mol. The molecule has 1 aromatic carbocycles. The van der Waals surface area contributed by atoms with E-state index in [1.54, 1.807) is 6.07 Å². The van der Waals surface area contributed by atoms with Crippen LogP contribution in [0.15, 0.2) is 23.1 Å². The second-order valence-electron chi connectivity index (χ2n) is 4.52. The van der Waals surface area contributed by atoms with Gasteiger partial charge in [-0.25, -0.2) is 0 Å². The Balaban J connectivity index is 2.35. The first-order chi connectivity index (χ1) is 9.58. The number of fused-ring (bicyclic) bond motifs is 1. The van der Waals surface area contributed by atoms with Crippen LogP contribution in [0.4, 0.5) is 0 Å². The van der Waals surface area contributed by atoms with Gasteiger partial charge < -0.3 is 0 Å². The van der Waals surface area contributed by atoms with Gasteiger partial charge in [0, 0.05) is 19.4 Å². The smallest absolute Gasteiger partial charge is 0.286 e. The Morgan fingerprint density at radius 3 is 2.43 bits per heavy atom. The van der Waals surface area contributed by atoms with Crippen molar-refractivity contribution in [1.29, 1.82) is 0 Å². The summed E-state index contributed by atoms with van der Waals surface area (Å²) in [6.07, 6.45) is 0.246. The van der Waals surface area contributed by atoms with Gasteiger partial charge in [0.1, 0.15) is 4.70 Å². The van der Waals surface area contributed by atoms with Gasteiger partial charge >= 0.3 is 0 Å². The van der Waals surface area contributed by atoms with E-state index >= 15 is 0 Å². The third-order valence-corrected chi connectivity index (χ3v) is 5.66. The monoisotopic (exact) mass is 352 g/mol. The Hall–Kier alpha value is -1.07. The molecule has 0 atom stereocenters. The van der Waals surface area contributed by atoms with Crippen molar-refractivity contribution in [2.75, 3.05) is 5.75 Å². The highest BCUT2D eigenvalue weighted by molar-refractivity contribution is 7.86. The Labute approximate surface area is 126 Å². The zero-order valence-corrected chi connectivity index (χ0v) is 13.5. The van der Waals surface area contributed by atoms with Crippen LogP contribution in [0.25, 0.3) is 10.2 Å². The second-order valence-corrected chi connectivity index (χ2v) is 8.75. The molecule has 0 unspecified atom stereocenters. The lowest BCUT2D eigenvalue weighted by molar-refractivity contribution is -0.672. The number of benzene rings is 1. The van der Waals surface area contributed by atoms with Gasteiger partial charge in [0.15, 0.2) is 6.54 Å². The number of hydrogen-bond donors (Lipinski definition) is 2. The topological polar surface area (TPSA) is 113 Å². The zero-order valence-electron chi connectivity index (χ0n) is 11.1. The van der Waals surface area contributed by atoms with Crippen molar-refractivity contribution in [1.82, 2.24) is 0 Å².